The van der Waals surface area contributed by atoms with Crippen molar-refractivity contribution in [2.45, 2.75) is 25.3 Å². The number of aliphatic imine (C=N–C) groups is 1. The predicted octanol–water partition coefficient (Wildman–Crippen LogP) is 2.15. The Bertz CT molecular complexity index is 653. The molecular weight excluding hydrogens is 366 g/mol. The molecule has 2 atom stereocenters. The van der Waals surface area contributed by atoms with Gasteiger partial charge in [-0.2, -0.15) is 0 Å². The van der Waals surface area contributed by atoms with Gasteiger partial charge < -0.3 is 25.0 Å². The van der Waals surface area contributed by atoms with Crippen molar-refractivity contribution >= 4 is 11.6 Å². The number of anilines is 1. The van der Waals surface area contributed by atoms with Crippen molar-refractivity contribution in [2.24, 2.45) is 10.9 Å². The van der Waals surface area contributed by atoms with E-state index in [1.165, 1.54) is 12.1 Å². The van der Waals surface area contributed by atoms with Crippen LogP contribution in [0, 0.1) is 17.6 Å². The molecule has 1 aromatic carbocycles. The Morgan fingerprint density at radius 2 is 2.25 bits per heavy atom. The summed E-state index contributed by atoms with van der Waals surface area (Å²) < 4.78 is 38.1. The highest BCUT2D eigenvalue weighted by Crippen LogP contribution is 2.24. The highest BCUT2D eigenvalue weighted by Gasteiger charge is 2.25. The molecule has 2 N–H and O–H groups in total. The molecule has 3 rings (SSSR count). The van der Waals surface area contributed by atoms with Gasteiger partial charge in [-0.15, -0.1) is 0 Å². The van der Waals surface area contributed by atoms with E-state index < -0.39 is 11.6 Å². The van der Waals surface area contributed by atoms with Gasteiger partial charge >= 0.3 is 0 Å². The molecule has 2 fully saturated rings. The van der Waals surface area contributed by atoms with Crippen molar-refractivity contribution in [1.82, 2.24) is 10.6 Å². The summed E-state index contributed by atoms with van der Waals surface area (Å²) >= 11 is 0. The maximum absolute atomic E-state index is 14.0. The quantitative estimate of drug-likeness (QED) is 0.401. The van der Waals surface area contributed by atoms with Crippen molar-refractivity contribution < 1.29 is 18.3 Å². The van der Waals surface area contributed by atoms with Crippen molar-refractivity contribution in [3.05, 3.63) is 29.8 Å². The minimum absolute atomic E-state index is 0.161. The van der Waals surface area contributed by atoms with E-state index >= 15 is 0 Å². The minimum atomic E-state index is -0.555. The summed E-state index contributed by atoms with van der Waals surface area (Å²) in [5.74, 6) is 0.196. The van der Waals surface area contributed by atoms with Gasteiger partial charge in [-0.05, 0) is 31.4 Å². The smallest absolute Gasteiger partial charge is 0.191 e. The number of halogens is 2. The first-order valence-corrected chi connectivity index (χ1v) is 9.98. The third-order valence-corrected chi connectivity index (χ3v) is 5.14. The lowest BCUT2D eigenvalue weighted by Crippen LogP contribution is -2.45. The fourth-order valence-electron chi connectivity index (χ4n) is 3.57. The van der Waals surface area contributed by atoms with Crippen molar-refractivity contribution in [1.29, 1.82) is 0 Å². The Kier molecular flexibility index (Phi) is 7.85. The summed E-state index contributed by atoms with van der Waals surface area (Å²) in [6.07, 6.45) is 2.85. The SMILES string of the molecule is CN=C(NCCCOCC1CCOC1)NC1CCN(c2ccc(F)cc2F)C1. The highest BCUT2D eigenvalue weighted by atomic mass is 19.1. The summed E-state index contributed by atoms with van der Waals surface area (Å²) in [6.45, 7) is 5.28. The molecule has 0 amide bonds. The summed E-state index contributed by atoms with van der Waals surface area (Å²) in [6, 6.07) is 3.88. The Labute approximate surface area is 165 Å². The van der Waals surface area contributed by atoms with Crippen LogP contribution in [0.4, 0.5) is 14.5 Å². The standard InChI is InChI=1S/C20H30F2N4O2/c1-23-20(24-7-2-9-27-13-15-6-10-28-14-15)25-17-5-8-26(12-17)19-4-3-16(21)11-18(19)22/h3-4,11,15,17H,2,5-10,12-14H2,1H3,(H2,23,24,25). The molecule has 2 aliphatic rings. The molecule has 28 heavy (non-hydrogen) atoms. The number of nitrogens with one attached hydrogen (secondary N) is 2. The molecule has 2 heterocycles. The summed E-state index contributed by atoms with van der Waals surface area (Å²) in [5.41, 5.74) is 0.443. The van der Waals surface area contributed by atoms with Gasteiger partial charge in [0, 0.05) is 57.9 Å². The van der Waals surface area contributed by atoms with E-state index in [1.54, 1.807) is 7.05 Å². The normalized spacial score (nSPS) is 22.7. The zero-order valence-corrected chi connectivity index (χ0v) is 16.4. The fourth-order valence-corrected chi connectivity index (χ4v) is 3.57. The first kappa shape index (κ1) is 20.8. The number of ether oxygens (including phenoxy) is 2. The maximum atomic E-state index is 14.0. The molecule has 0 aromatic heterocycles. The molecule has 2 aliphatic heterocycles. The van der Waals surface area contributed by atoms with Gasteiger partial charge in [-0.1, -0.05) is 0 Å². The van der Waals surface area contributed by atoms with Crippen LogP contribution in [0.1, 0.15) is 19.3 Å². The molecule has 8 heteroatoms. The van der Waals surface area contributed by atoms with E-state index in [9.17, 15) is 8.78 Å². The molecule has 0 saturated carbocycles. The van der Waals surface area contributed by atoms with E-state index in [2.05, 4.69) is 15.6 Å². The van der Waals surface area contributed by atoms with E-state index in [0.717, 1.165) is 64.2 Å². The van der Waals surface area contributed by atoms with Gasteiger partial charge in [0.05, 0.1) is 18.9 Å². The van der Waals surface area contributed by atoms with Crippen molar-refractivity contribution in [3.8, 4) is 0 Å². The number of hydrogen-bond donors (Lipinski definition) is 2. The largest absolute Gasteiger partial charge is 0.381 e. The van der Waals surface area contributed by atoms with Gasteiger partial charge in [-0.3, -0.25) is 4.99 Å². The third-order valence-electron chi connectivity index (χ3n) is 5.14. The van der Waals surface area contributed by atoms with Crippen LogP contribution < -0.4 is 15.5 Å². The Morgan fingerprint density at radius 3 is 3.00 bits per heavy atom. The van der Waals surface area contributed by atoms with Crippen LogP contribution in [0.25, 0.3) is 0 Å². The first-order chi connectivity index (χ1) is 13.7. The number of rotatable bonds is 8. The number of benzene rings is 1. The average Bonchev–Trinajstić information content (AvgIpc) is 3.35. The second kappa shape index (κ2) is 10.6. The fraction of sp³-hybridized carbons (Fsp3) is 0.650. The molecule has 0 bridgehead atoms. The average molecular weight is 396 g/mol. The van der Waals surface area contributed by atoms with Crippen molar-refractivity contribution in [3.63, 3.8) is 0 Å². The van der Waals surface area contributed by atoms with E-state index in [4.69, 9.17) is 9.47 Å². The molecular formula is C20H30F2N4O2. The Morgan fingerprint density at radius 1 is 1.36 bits per heavy atom. The van der Waals surface area contributed by atoms with Crippen LogP contribution in [0.2, 0.25) is 0 Å². The Hall–Kier alpha value is -1.93. The molecule has 2 unspecified atom stereocenters. The van der Waals surface area contributed by atoms with Gasteiger partial charge in [0.25, 0.3) is 0 Å². The molecule has 1 aromatic rings. The van der Waals surface area contributed by atoms with Crippen LogP contribution in [-0.4, -0.2) is 65.1 Å². The van der Waals surface area contributed by atoms with Crippen LogP contribution in [0.5, 0.6) is 0 Å². The van der Waals surface area contributed by atoms with Crippen LogP contribution >= 0.6 is 0 Å². The summed E-state index contributed by atoms with van der Waals surface area (Å²) in [7, 11) is 1.73. The minimum Gasteiger partial charge on any atom is -0.381 e. The van der Waals surface area contributed by atoms with Gasteiger partial charge in [0.1, 0.15) is 11.6 Å². The summed E-state index contributed by atoms with van der Waals surface area (Å²) in [4.78, 5) is 6.19. The second-order valence-electron chi connectivity index (χ2n) is 7.33. The molecule has 6 nitrogen and oxygen atoms in total. The zero-order chi connectivity index (χ0) is 19.8. The van der Waals surface area contributed by atoms with E-state index in [1.807, 2.05) is 4.90 Å². The maximum Gasteiger partial charge on any atom is 0.191 e. The van der Waals surface area contributed by atoms with Gasteiger partial charge in [-0.25, -0.2) is 8.78 Å². The number of nitrogens with zero attached hydrogens (tertiary/aromatic N) is 2. The molecule has 0 aliphatic carbocycles. The predicted molar refractivity (Wildman–Crippen MR) is 106 cm³/mol. The van der Waals surface area contributed by atoms with Crippen LogP contribution in [0.3, 0.4) is 0 Å². The number of guanidine groups is 1. The molecule has 2 saturated heterocycles. The van der Waals surface area contributed by atoms with E-state index in [0.29, 0.717) is 24.8 Å². The van der Waals surface area contributed by atoms with Gasteiger partial charge in [0.2, 0.25) is 0 Å². The zero-order valence-electron chi connectivity index (χ0n) is 16.4. The van der Waals surface area contributed by atoms with E-state index in [-0.39, 0.29) is 6.04 Å². The molecule has 156 valence electrons. The van der Waals surface area contributed by atoms with Crippen LogP contribution in [0.15, 0.2) is 23.2 Å². The Balaban J connectivity index is 1.33. The topological polar surface area (TPSA) is 58.1 Å². The van der Waals surface area contributed by atoms with Gasteiger partial charge in [0.15, 0.2) is 5.96 Å². The molecule has 0 spiro atoms. The van der Waals surface area contributed by atoms with Crippen LogP contribution in [-0.2, 0) is 9.47 Å². The summed E-state index contributed by atoms with van der Waals surface area (Å²) in [5, 5.41) is 6.67. The third kappa shape index (κ3) is 6.04. The monoisotopic (exact) mass is 396 g/mol. The second-order valence-corrected chi connectivity index (χ2v) is 7.33. The lowest BCUT2D eigenvalue weighted by Gasteiger charge is -2.21. The number of hydrogen-bond acceptors (Lipinski definition) is 4. The first-order valence-electron chi connectivity index (χ1n) is 9.98. The highest BCUT2D eigenvalue weighted by molar-refractivity contribution is 5.80. The lowest BCUT2D eigenvalue weighted by atomic mass is 10.1. The lowest BCUT2D eigenvalue weighted by molar-refractivity contribution is 0.0888. The van der Waals surface area contributed by atoms with Crippen molar-refractivity contribution in [2.75, 3.05) is 58.0 Å². The molecule has 0 radical (unpaired) electrons.